The van der Waals surface area contributed by atoms with Crippen molar-refractivity contribution in [3.8, 4) is 0 Å². The lowest BCUT2D eigenvalue weighted by Crippen LogP contribution is -2.30. The minimum atomic E-state index is -4.57. The Morgan fingerprint density at radius 2 is 1.67 bits per heavy atom. The summed E-state index contributed by atoms with van der Waals surface area (Å²) < 4.78 is 14.4. The molecule has 0 saturated carbocycles. The van der Waals surface area contributed by atoms with E-state index in [1.165, 1.54) is 0 Å². The molecule has 15 heavy (non-hydrogen) atoms. The standard InChI is InChI=1S/C8H19O6P/c1-6(2)3-4-7(9)8(10)5-14-15(11,12)13/h6-10H,3-5H2,1-2H3,(H2,11,12,13)/t7?,8-/m0/s1. The highest BCUT2D eigenvalue weighted by atomic mass is 31.2. The molecular formula is C8H19O6P. The molecule has 4 N–H and O–H groups in total. The second-order valence-corrected chi connectivity index (χ2v) is 5.13. The van der Waals surface area contributed by atoms with E-state index in [-0.39, 0.29) is 0 Å². The van der Waals surface area contributed by atoms with Gasteiger partial charge in [-0.1, -0.05) is 13.8 Å². The molecular weight excluding hydrogens is 223 g/mol. The average Bonchev–Trinajstić information content (AvgIpc) is 2.08. The molecule has 0 fully saturated rings. The van der Waals surface area contributed by atoms with Crippen LogP contribution in [0.15, 0.2) is 0 Å². The first kappa shape index (κ1) is 15.0. The van der Waals surface area contributed by atoms with Gasteiger partial charge >= 0.3 is 7.82 Å². The van der Waals surface area contributed by atoms with E-state index in [1.807, 2.05) is 13.8 Å². The third-order valence-corrected chi connectivity index (χ3v) is 2.38. The highest BCUT2D eigenvalue weighted by Crippen LogP contribution is 2.35. The summed E-state index contributed by atoms with van der Waals surface area (Å²) in [6.07, 6.45) is -1.17. The fraction of sp³-hybridized carbons (Fsp3) is 1.00. The second kappa shape index (κ2) is 6.58. The van der Waals surface area contributed by atoms with Gasteiger partial charge in [0.05, 0.1) is 12.7 Å². The zero-order valence-electron chi connectivity index (χ0n) is 8.91. The van der Waals surface area contributed by atoms with Crippen LogP contribution in [0.1, 0.15) is 26.7 Å². The molecule has 0 radical (unpaired) electrons. The Kier molecular flexibility index (Phi) is 6.59. The normalized spacial score (nSPS) is 16.7. The summed E-state index contributed by atoms with van der Waals surface area (Å²) in [6, 6.07) is 0. The van der Waals surface area contributed by atoms with Crippen molar-refractivity contribution in [2.75, 3.05) is 6.61 Å². The van der Waals surface area contributed by atoms with Gasteiger partial charge in [-0.05, 0) is 18.8 Å². The van der Waals surface area contributed by atoms with Crippen LogP contribution in [0.3, 0.4) is 0 Å². The van der Waals surface area contributed by atoms with E-state index in [0.29, 0.717) is 12.3 Å². The Morgan fingerprint density at radius 3 is 2.07 bits per heavy atom. The highest BCUT2D eigenvalue weighted by Gasteiger charge is 2.21. The third kappa shape index (κ3) is 8.99. The Balaban J connectivity index is 3.79. The van der Waals surface area contributed by atoms with E-state index < -0.39 is 26.6 Å². The maximum atomic E-state index is 10.3. The number of hydrogen-bond acceptors (Lipinski definition) is 4. The van der Waals surface area contributed by atoms with E-state index in [4.69, 9.17) is 9.79 Å². The maximum absolute atomic E-state index is 10.3. The molecule has 0 aromatic heterocycles. The van der Waals surface area contributed by atoms with E-state index >= 15 is 0 Å². The predicted octanol–water partition coefficient (Wildman–Crippen LogP) is 0.254. The molecule has 2 atom stereocenters. The molecule has 0 saturated heterocycles. The first-order valence-electron chi connectivity index (χ1n) is 4.78. The minimum absolute atomic E-state index is 0.378. The van der Waals surface area contributed by atoms with Crippen molar-refractivity contribution in [2.24, 2.45) is 5.92 Å². The number of hydrogen-bond donors (Lipinski definition) is 4. The van der Waals surface area contributed by atoms with Crippen molar-refractivity contribution in [1.29, 1.82) is 0 Å². The SMILES string of the molecule is CC(C)CCC(O)[C@@H](O)COP(=O)(O)O. The highest BCUT2D eigenvalue weighted by molar-refractivity contribution is 7.46. The summed E-state index contributed by atoms with van der Waals surface area (Å²) in [5, 5.41) is 18.7. The van der Waals surface area contributed by atoms with Crippen molar-refractivity contribution < 1.29 is 29.1 Å². The van der Waals surface area contributed by atoms with Crippen molar-refractivity contribution in [2.45, 2.75) is 38.9 Å². The lowest BCUT2D eigenvalue weighted by atomic mass is 10.0. The Morgan fingerprint density at radius 1 is 1.13 bits per heavy atom. The van der Waals surface area contributed by atoms with Gasteiger partial charge in [0, 0.05) is 0 Å². The van der Waals surface area contributed by atoms with Crippen molar-refractivity contribution in [3.63, 3.8) is 0 Å². The largest absolute Gasteiger partial charge is 0.469 e. The summed E-state index contributed by atoms with van der Waals surface area (Å²) in [6.45, 7) is 3.39. The van der Waals surface area contributed by atoms with E-state index in [9.17, 15) is 14.8 Å². The molecule has 0 rings (SSSR count). The fourth-order valence-corrected chi connectivity index (χ4v) is 1.33. The molecule has 0 heterocycles. The minimum Gasteiger partial charge on any atom is -0.390 e. The zero-order valence-corrected chi connectivity index (χ0v) is 9.80. The predicted molar refractivity (Wildman–Crippen MR) is 54.1 cm³/mol. The third-order valence-electron chi connectivity index (χ3n) is 1.90. The smallest absolute Gasteiger partial charge is 0.390 e. The lowest BCUT2D eigenvalue weighted by Gasteiger charge is -2.18. The molecule has 0 bridgehead atoms. The number of phosphoric ester groups is 1. The molecule has 0 amide bonds. The molecule has 0 aromatic rings. The summed E-state index contributed by atoms with van der Waals surface area (Å²) in [7, 11) is -4.57. The van der Waals surface area contributed by atoms with Gasteiger partial charge in [0.25, 0.3) is 0 Å². The Labute approximate surface area is 89.1 Å². The molecule has 1 unspecified atom stereocenters. The molecule has 7 heteroatoms. The number of aliphatic hydroxyl groups is 2. The van der Waals surface area contributed by atoms with Crippen molar-refractivity contribution in [3.05, 3.63) is 0 Å². The van der Waals surface area contributed by atoms with E-state index in [0.717, 1.165) is 6.42 Å². The molecule has 0 aliphatic carbocycles. The van der Waals surface area contributed by atoms with Crippen LogP contribution in [-0.4, -0.2) is 38.8 Å². The van der Waals surface area contributed by atoms with Gasteiger partial charge in [-0.3, -0.25) is 4.52 Å². The zero-order chi connectivity index (χ0) is 12.1. The van der Waals surface area contributed by atoms with Gasteiger partial charge < -0.3 is 20.0 Å². The lowest BCUT2D eigenvalue weighted by molar-refractivity contribution is -0.0192. The van der Waals surface area contributed by atoms with Crippen LogP contribution in [0.4, 0.5) is 0 Å². The Bertz CT molecular complexity index is 213. The quantitative estimate of drug-likeness (QED) is 0.477. The van der Waals surface area contributed by atoms with Crippen molar-refractivity contribution in [1.82, 2.24) is 0 Å². The van der Waals surface area contributed by atoms with Gasteiger partial charge in [0.2, 0.25) is 0 Å². The summed E-state index contributed by atoms with van der Waals surface area (Å²) in [5.41, 5.74) is 0. The van der Waals surface area contributed by atoms with E-state index in [1.54, 1.807) is 0 Å². The van der Waals surface area contributed by atoms with E-state index in [2.05, 4.69) is 4.52 Å². The Hall–Kier alpha value is 0.0300. The number of rotatable bonds is 7. The number of phosphoric acid groups is 1. The van der Waals surface area contributed by atoms with Crippen molar-refractivity contribution >= 4 is 7.82 Å². The maximum Gasteiger partial charge on any atom is 0.469 e. The van der Waals surface area contributed by atoms with Crippen LogP contribution in [0.5, 0.6) is 0 Å². The summed E-state index contributed by atoms with van der Waals surface area (Å²) in [4.78, 5) is 16.7. The molecule has 92 valence electrons. The van der Waals surface area contributed by atoms with Crippen LogP contribution in [0, 0.1) is 5.92 Å². The van der Waals surface area contributed by atoms with Gasteiger partial charge in [0.1, 0.15) is 6.10 Å². The monoisotopic (exact) mass is 242 g/mol. The molecule has 6 nitrogen and oxygen atoms in total. The molecule has 0 aliphatic rings. The van der Waals surface area contributed by atoms with Crippen LogP contribution >= 0.6 is 7.82 Å². The first-order valence-corrected chi connectivity index (χ1v) is 6.31. The van der Waals surface area contributed by atoms with Gasteiger partial charge in [0.15, 0.2) is 0 Å². The molecule has 0 aromatic carbocycles. The fourth-order valence-electron chi connectivity index (χ4n) is 0.981. The van der Waals surface area contributed by atoms with Crippen LogP contribution in [0.25, 0.3) is 0 Å². The molecule has 0 aliphatic heterocycles. The van der Waals surface area contributed by atoms with Crippen LogP contribution in [0.2, 0.25) is 0 Å². The summed E-state index contributed by atoms with van der Waals surface area (Å²) in [5.74, 6) is 0.398. The topological polar surface area (TPSA) is 107 Å². The van der Waals surface area contributed by atoms with Crippen LogP contribution < -0.4 is 0 Å². The molecule has 0 spiro atoms. The second-order valence-electron chi connectivity index (χ2n) is 3.89. The van der Waals surface area contributed by atoms with Gasteiger partial charge in [-0.25, -0.2) is 4.57 Å². The van der Waals surface area contributed by atoms with Gasteiger partial charge in [-0.15, -0.1) is 0 Å². The van der Waals surface area contributed by atoms with Gasteiger partial charge in [-0.2, -0.15) is 0 Å². The average molecular weight is 242 g/mol. The van der Waals surface area contributed by atoms with Crippen LogP contribution in [-0.2, 0) is 9.09 Å². The first-order chi connectivity index (χ1) is 6.72. The summed E-state index contributed by atoms with van der Waals surface area (Å²) >= 11 is 0. The number of aliphatic hydroxyl groups excluding tert-OH is 2.